The van der Waals surface area contributed by atoms with E-state index >= 15 is 0 Å². The van der Waals surface area contributed by atoms with E-state index in [-0.39, 0.29) is 5.91 Å². The molecule has 0 bridgehead atoms. The van der Waals surface area contributed by atoms with Crippen molar-refractivity contribution < 1.29 is 14.3 Å². The van der Waals surface area contributed by atoms with E-state index in [0.717, 1.165) is 23.6 Å². The van der Waals surface area contributed by atoms with Crippen LogP contribution in [-0.2, 0) is 6.42 Å². The van der Waals surface area contributed by atoms with E-state index in [0.29, 0.717) is 24.5 Å². The number of para-hydroxylation sites is 1. The fourth-order valence-electron chi connectivity index (χ4n) is 2.84. The minimum atomic E-state index is -0.169. The number of pyridine rings is 1. The predicted octanol–water partition coefficient (Wildman–Crippen LogP) is 4.21. The second-order valence-corrected chi connectivity index (χ2v) is 6.35. The number of methoxy groups -OCH3 is 1. The number of aryl methyl sites for hydroxylation is 1. The number of ether oxygens (including phenoxy) is 2. The summed E-state index contributed by atoms with van der Waals surface area (Å²) in [6.07, 6.45) is 2.54. The lowest BCUT2D eigenvalue weighted by atomic mass is 10.1. The molecule has 0 saturated heterocycles. The Kier molecular flexibility index (Phi) is 7.05. The van der Waals surface area contributed by atoms with Crippen molar-refractivity contribution in [1.29, 1.82) is 0 Å². The van der Waals surface area contributed by atoms with Gasteiger partial charge in [-0.2, -0.15) is 0 Å². The van der Waals surface area contributed by atoms with E-state index < -0.39 is 0 Å². The molecule has 150 valence electrons. The van der Waals surface area contributed by atoms with E-state index in [1.54, 1.807) is 25.4 Å². The zero-order chi connectivity index (χ0) is 20.5. The Morgan fingerprint density at radius 2 is 1.79 bits per heavy atom. The topological polar surface area (TPSA) is 72.5 Å². The summed E-state index contributed by atoms with van der Waals surface area (Å²) in [7, 11) is 1.62. The third kappa shape index (κ3) is 5.72. The van der Waals surface area contributed by atoms with E-state index in [2.05, 4.69) is 28.6 Å². The fraction of sp³-hybridized carbons (Fsp3) is 0.217. The minimum Gasteiger partial charge on any atom is -0.497 e. The molecule has 0 aliphatic carbocycles. The fourth-order valence-corrected chi connectivity index (χ4v) is 2.84. The van der Waals surface area contributed by atoms with Crippen LogP contribution in [0.4, 0.5) is 11.5 Å². The molecule has 0 aliphatic heterocycles. The van der Waals surface area contributed by atoms with Gasteiger partial charge in [-0.15, -0.1) is 0 Å². The number of carbonyl (C=O) groups excluding carboxylic acids is 1. The minimum absolute atomic E-state index is 0.169. The van der Waals surface area contributed by atoms with Crippen LogP contribution in [0.15, 0.2) is 66.9 Å². The van der Waals surface area contributed by atoms with Gasteiger partial charge in [-0.3, -0.25) is 4.79 Å². The van der Waals surface area contributed by atoms with Gasteiger partial charge in [-0.05, 0) is 54.4 Å². The number of hydrogen-bond acceptors (Lipinski definition) is 5. The molecule has 1 heterocycles. The maximum atomic E-state index is 12.4. The van der Waals surface area contributed by atoms with Gasteiger partial charge in [-0.1, -0.05) is 25.1 Å². The molecule has 6 heteroatoms. The van der Waals surface area contributed by atoms with Gasteiger partial charge in [0.25, 0.3) is 5.91 Å². The summed E-state index contributed by atoms with van der Waals surface area (Å²) in [4.78, 5) is 16.7. The molecule has 29 heavy (non-hydrogen) atoms. The molecular weight excluding hydrogens is 366 g/mol. The summed E-state index contributed by atoms with van der Waals surface area (Å²) in [5.41, 5.74) is 2.73. The first-order valence-electron chi connectivity index (χ1n) is 9.55. The Hall–Kier alpha value is -3.54. The number of anilines is 2. The number of rotatable bonds is 9. The zero-order valence-corrected chi connectivity index (χ0v) is 16.6. The highest BCUT2D eigenvalue weighted by Crippen LogP contribution is 2.20. The maximum Gasteiger partial charge on any atom is 0.251 e. The number of aromatic nitrogens is 1. The van der Waals surface area contributed by atoms with Crippen LogP contribution in [0.5, 0.6) is 11.5 Å². The van der Waals surface area contributed by atoms with Crippen molar-refractivity contribution in [2.24, 2.45) is 0 Å². The SMILES string of the molecule is CCc1ccccc1Nc1cc(C(=O)NCCOc2ccc(OC)cc2)ccn1. The maximum absolute atomic E-state index is 12.4. The summed E-state index contributed by atoms with van der Waals surface area (Å²) >= 11 is 0. The lowest BCUT2D eigenvalue weighted by Crippen LogP contribution is -2.28. The lowest BCUT2D eigenvalue weighted by Gasteiger charge is -2.11. The molecule has 3 aromatic rings. The van der Waals surface area contributed by atoms with Crippen molar-refractivity contribution >= 4 is 17.4 Å². The highest BCUT2D eigenvalue weighted by atomic mass is 16.5. The third-order valence-electron chi connectivity index (χ3n) is 4.40. The highest BCUT2D eigenvalue weighted by Gasteiger charge is 2.08. The molecule has 0 spiro atoms. The quantitative estimate of drug-likeness (QED) is 0.535. The van der Waals surface area contributed by atoms with Crippen LogP contribution < -0.4 is 20.1 Å². The molecular formula is C23H25N3O3. The van der Waals surface area contributed by atoms with Crippen LogP contribution >= 0.6 is 0 Å². The monoisotopic (exact) mass is 391 g/mol. The highest BCUT2D eigenvalue weighted by molar-refractivity contribution is 5.94. The number of amides is 1. The standard InChI is InChI=1S/C23H25N3O3/c1-3-17-6-4-5-7-21(17)26-22-16-18(12-13-24-22)23(27)25-14-15-29-20-10-8-19(28-2)9-11-20/h4-13,16H,3,14-15H2,1-2H3,(H,24,26)(H,25,27). The Balaban J connectivity index is 1.52. The van der Waals surface area contributed by atoms with Gasteiger partial charge in [0.1, 0.15) is 23.9 Å². The summed E-state index contributed by atoms with van der Waals surface area (Å²) in [6, 6.07) is 18.8. The van der Waals surface area contributed by atoms with Crippen molar-refractivity contribution in [2.75, 3.05) is 25.6 Å². The first-order chi connectivity index (χ1) is 14.2. The van der Waals surface area contributed by atoms with Gasteiger partial charge in [0.05, 0.1) is 13.7 Å². The molecule has 0 radical (unpaired) electrons. The first-order valence-corrected chi connectivity index (χ1v) is 9.55. The average molecular weight is 391 g/mol. The Morgan fingerprint density at radius 1 is 1.03 bits per heavy atom. The number of benzene rings is 2. The summed E-state index contributed by atoms with van der Waals surface area (Å²) in [5, 5.41) is 6.15. The van der Waals surface area contributed by atoms with Gasteiger partial charge < -0.3 is 20.1 Å². The molecule has 0 saturated carbocycles. The van der Waals surface area contributed by atoms with Crippen LogP contribution in [0.2, 0.25) is 0 Å². The van der Waals surface area contributed by atoms with Crippen molar-refractivity contribution in [2.45, 2.75) is 13.3 Å². The van der Waals surface area contributed by atoms with Gasteiger partial charge in [0, 0.05) is 17.4 Å². The Labute approximate surface area is 170 Å². The number of carbonyl (C=O) groups is 1. The van der Waals surface area contributed by atoms with Crippen LogP contribution in [0.3, 0.4) is 0 Å². The molecule has 0 atom stereocenters. The van der Waals surface area contributed by atoms with Crippen molar-refractivity contribution in [3.8, 4) is 11.5 Å². The normalized spacial score (nSPS) is 10.3. The van der Waals surface area contributed by atoms with Gasteiger partial charge in [-0.25, -0.2) is 4.98 Å². The van der Waals surface area contributed by atoms with Crippen molar-refractivity contribution in [1.82, 2.24) is 10.3 Å². The first kappa shape index (κ1) is 20.2. The molecule has 0 unspecified atom stereocenters. The van der Waals surface area contributed by atoms with Gasteiger partial charge in [0.15, 0.2) is 0 Å². The molecule has 2 aromatic carbocycles. The van der Waals surface area contributed by atoms with Crippen LogP contribution in [0, 0.1) is 0 Å². The second-order valence-electron chi connectivity index (χ2n) is 6.35. The summed E-state index contributed by atoms with van der Waals surface area (Å²) < 4.78 is 10.7. The Morgan fingerprint density at radius 3 is 2.55 bits per heavy atom. The average Bonchev–Trinajstić information content (AvgIpc) is 2.77. The van der Waals surface area contributed by atoms with E-state index in [4.69, 9.17) is 9.47 Å². The second kappa shape index (κ2) is 10.1. The van der Waals surface area contributed by atoms with Crippen molar-refractivity contribution in [3.63, 3.8) is 0 Å². The van der Waals surface area contributed by atoms with Crippen LogP contribution in [-0.4, -0.2) is 31.2 Å². The third-order valence-corrected chi connectivity index (χ3v) is 4.40. The smallest absolute Gasteiger partial charge is 0.251 e. The molecule has 1 aromatic heterocycles. The Bertz CT molecular complexity index is 942. The number of nitrogens with one attached hydrogen (secondary N) is 2. The predicted molar refractivity (Wildman–Crippen MR) is 114 cm³/mol. The molecule has 3 rings (SSSR count). The largest absolute Gasteiger partial charge is 0.497 e. The van der Waals surface area contributed by atoms with E-state index in [9.17, 15) is 4.79 Å². The van der Waals surface area contributed by atoms with Crippen LogP contribution in [0.25, 0.3) is 0 Å². The lowest BCUT2D eigenvalue weighted by molar-refractivity contribution is 0.0947. The van der Waals surface area contributed by atoms with Gasteiger partial charge >= 0.3 is 0 Å². The van der Waals surface area contributed by atoms with E-state index in [1.165, 1.54) is 5.56 Å². The van der Waals surface area contributed by atoms with E-state index in [1.807, 2.05) is 42.5 Å². The van der Waals surface area contributed by atoms with Crippen LogP contribution in [0.1, 0.15) is 22.8 Å². The summed E-state index contributed by atoms with van der Waals surface area (Å²) in [5.74, 6) is 1.96. The molecule has 0 fully saturated rings. The number of hydrogen-bond donors (Lipinski definition) is 2. The molecule has 6 nitrogen and oxygen atoms in total. The zero-order valence-electron chi connectivity index (χ0n) is 16.6. The summed E-state index contributed by atoms with van der Waals surface area (Å²) in [6.45, 7) is 2.87. The number of nitrogens with zero attached hydrogens (tertiary/aromatic N) is 1. The van der Waals surface area contributed by atoms with Gasteiger partial charge in [0.2, 0.25) is 0 Å². The molecule has 0 aliphatic rings. The molecule has 1 amide bonds. The van der Waals surface area contributed by atoms with Crippen molar-refractivity contribution in [3.05, 3.63) is 78.0 Å². The molecule has 2 N–H and O–H groups in total.